The van der Waals surface area contributed by atoms with E-state index in [0.29, 0.717) is 0 Å². The van der Waals surface area contributed by atoms with E-state index in [4.69, 9.17) is 4.74 Å². The monoisotopic (exact) mass is 268 g/mol. The quantitative estimate of drug-likeness (QED) is 0.775. The number of fused-ring (bicyclic) bond motifs is 1. The molecule has 0 saturated heterocycles. The number of rotatable bonds is 3. The van der Waals surface area contributed by atoms with Gasteiger partial charge in [0, 0.05) is 17.3 Å². The molecule has 1 N–H and O–H groups in total. The fraction of sp³-hybridized carbons (Fsp3) is 0.0625. The van der Waals surface area contributed by atoms with Crippen LogP contribution in [0.4, 0.5) is 15.8 Å². The van der Waals surface area contributed by atoms with E-state index in [0.717, 1.165) is 28.0 Å². The van der Waals surface area contributed by atoms with E-state index in [9.17, 15) is 4.39 Å². The first-order chi connectivity index (χ1) is 9.78. The van der Waals surface area contributed by atoms with Gasteiger partial charge in [0.05, 0.1) is 18.3 Å². The fourth-order valence-corrected chi connectivity index (χ4v) is 2.12. The number of methoxy groups -OCH3 is 1. The molecule has 0 aliphatic carbocycles. The van der Waals surface area contributed by atoms with Crippen LogP contribution in [0.3, 0.4) is 0 Å². The second-order valence-electron chi connectivity index (χ2n) is 4.35. The Morgan fingerprint density at radius 3 is 2.75 bits per heavy atom. The van der Waals surface area contributed by atoms with Crippen molar-refractivity contribution >= 4 is 22.3 Å². The van der Waals surface area contributed by atoms with E-state index in [1.54, 1.807) is 19.4 Å². The van der Waals surface area contributed by atoms with Crippen molar-refractivity contribution in [2.75, 3.05) is 12.4 Å². The number of halogens is 1. The summed E-state index contributed by atoms with van der Waals surface area (Å²) in [6.07, 6.45) is 1.69. The summed E-state index contributed by atoms with van der Waals surface area (Å²) in [5, 5.41) is 4.00. The van der Waals surface area contributed by atoms with E-state index < -0.39 is 0 Å². The molecule has 100 valence electrons. The maximum absolute atomic E-state index is 13.4. The van der Waals surface area contributed by atoms with E-state index in [1.165, 1.54) is 12.1 Å². The van der Waals surface area contributed by atoms with Crippen molar-refractivity contribution in [3.63, 3.8) is 0 Å². The van der Waals surface area contributed by atoms with E-state index in [2.05, 4.69) is 10.3 Å². The van der Waals surface area contributed by atoms with Gasteiger partial charge in [-0.15, -0.1) is 0 Å². The third-order valence-corrected chi connectivity index (χ3v) is 3.08. The molecule has 0 unspecified atom stereocenters. The van der Waals surface area contributed by atoms with Crippen LogP contribution in [-0.4, -0.2) is 12.1 Å². The van der Waals surface area contributed by atoms with Gasteiger partial charge in [0.2, 0.25) is 0 Å². The molecule has 4 heteroatoms. The molecule has 3 aromatic rings. The predicted octanol–water partition coefficient (Wildman–Crippen LogP) is 4.13. The van der Waals surface area contributed by atoms with Crippen LogP contribution in [0, 0.1) is 5.82 Å². The Labute approximate surface area is 116 Å². The van der Waals surface area contributed by atoms with E-state index >= 15 is 0 Å². The Kier molecular flexibility index (Phi) is 3.21. The number of anilines is 2. The van der Waals surface area contributed by atoms with Crippen molar-refractivity contribution in [2.24, 2.45) is 0 Å². The molecule has 0 atom stereocenters. The largest absolute Gasteiger partial charge is 0.495 e. The SMILES string of the molecule is COc1ccccc1Nc1ccnc2ccc(F)cc12. The first kappa shape index (κ1) is 12.4. The molecule has 0 fully saturated rings. The maximum Gasteiger partial charge on any atom is 0.142 e. The lowest BCUT2D eigenvalue weighted by Crippen LogP contribution is -1.96. The van der Waals surface area contributed by atoms with Crippen LogP contribution < -0.4 is 10.1 Å². The Bertz CT molecular complexity index is 758. The van der Waals surface area contributed by atoms with Crippen molar-refractivity contribution in [3.8, 4) is 5.75 Å². The number of hydrogen-bond donors (Lipinski definition) is 1. The summed E-state index contributed by atoms with van der Waals surface area (Å²) in [7, 11) is 1.62. The van der Waals surface area contributed by atoms with Gasteiger partial charge in [0.25, 0.3) is 0 Å². The smallest absolute Gasteiger partial charge is 0.142 e. The third kappa shape index (κ3) is 2.28. The summed E-state index contributed by atoms with van der Waals surface area (Å²) in [4.78, 5) is 4.23. The number of hydrogen-bond acceptors (Lipinski definition) is 3. The lowest BCUT2D eigenvalue weighted by Gasteiger charge is -2.12. The molecule has 3 nitrogen and oxygen atoms in total. The minimum atomic E-state index is -0.284. The first-order valence-electron chi connectivity index (χ1n) is 6.22. The number of nitrogens with one attached hydrogen (secondary N) is 1. The van der Waals surface area contributed by atoms with Crippen molar-refractivity contribution in [3.05, 3.63) is 60.5 Å². The zero-order valence-corrected chi connectivity index (χ0v) is 10.9. The van der Waals surface area contributed by atoms with Gasteiger partial charge in [-0.3, -0.25) is 4.98 Å². The molecule has 2 aromatic carbocycles. The van der Waals surface area contributed by atoms with E-state index in [1.807, 2.05) is 30.3 Å². The number of benzene rings is 2. The van der Waals surface area contributed by atoms with Gasteiger partial charge >= 0.3 is 0 Å². The predicted molar refractivity (Wildman–Crippen MR) is 78.0 cm³/mol. The van der Waals surface area contributed by atoms with Crippen LogP contribution in [0.25, 0.3) is 10.9 Å². The molecule has 0 amide bonds. The van der Waals surface area contributed by atoms with Gasteiger partial charge in [-0.1, -0.05) is 12.1 Å². The average Bonchev–Trinajstić information content (AvgIpc) is 2.48. The van der Waals surface area contributed by atoms with E-state index in [-0.39, 0.29) is 5.82 Å². The minimum absolute atomic E-state index is 0.284. The number of ether oxygens (including phenoxy) is 1. The van der Waals surface area contributed by atoms with Crippen LogP contribution in [0.15, 0.2) is 54.7 Å². The Morgan fingerprint density at radius 2 is 1.90 bits per heavy atom. The number of para-hydroxylation sites is 2. The number of pyridine rings is 1. The fourth-order valence-electron chi connectivity index (χ4n) is 2.12. The molecular formula is C16H13FN2O. The molecule has 0 bridgehead atoms. The molecule has 3 rings (SSSR count). The summed E-state index contributed by atoms with van der Waals surface area (Å²) in [5.41, 5.74) is 2.36. The maximum atomic E-state index is 13.4. The zero-order valence-electron chi connectivity index (χ0n) is 10.9. The second kappa shape index (κ2) is 5.17. The van der Waals surface area contributed by atoms with Crippen molar-refractivity contribution < 1.29 is 9.13 Å². The Hall–Kier alpha value is -2.62. The summed E-state index contributed by atoms with van der Waals surface area (Å²) in [6, 6.07) is 13.9. The lowest BCUT2D eigenvalue weighted by molar-refractivity contribution is 0.417. The highest BCUT2D eigenvalue weighted by Gasteiger charge is 2.06. The van der Waals surface area contributed by atoms with Crippen molar-refractivity contribution in [1.82, 2.24) is 4.98 Å². The molecule has 1 aromatic heterocycles. The van der Waals surface area contributed by atoms with Gasteiger partial charge in [0.15, 0.2) is 0 Å². The van der Waals surface area contributed by atoms with Crippen LogP contribution in [0.1, 0.15) is 0 Å². The standard InChI is InChI=1S/C16H13FN2O/c1-20-16-5-3-2-4-15(16)19-14-8-9-18-13-7-6-11(17)10-12(13)14/h2-10H,1H3,(H,18,19). The Morgan fingerprint density at radius 1 is 1.05 bits per heavy atom. The van der Waals surface area contributed by atoms with Gasteiger partial charge in [-0.25, -0.2) is 4.39 Å². The van der Waals surface area contributed by atoms with Crippen LogP contribution in [0.5, 0.6) is 5.75 Å². The second-order valence-corrected chi connectivity index (χ2v) is 4.35. The molecule has 0 aliphatic heterocycles. The van der Waals surface area contributed by atoms with Gasteiger partial charge in [-0.05, 0) is 36.4 Å². The molecular weight excluding hydrogens is 255 g/mol. The molecule has 0 spiro atoms. The topological polar surface area (TPSA) is 34.1 Å². The molecule has 20 heavy (non-hydrogen) atoms. The van der Waals surface area contributed by atoms with Gasteiger partial charge < -0.3 is 10.1 Å². The number of nitrogens with zero attached hydrogens (tertiary/aromatic N) is 1. The lowest BCUT2D eigenvalue weighted by atomic mass is 10.1. The van der Waals surface area contributed by atoms with Crippen LogP contribution >= 0.6 is 0 Å². The Balaban J connectivity index is 2.08. The zero-order chi connectivity index (χ0) is 13.9. The minimum Gasteiger partial charge on any atom is -0.495 e. The molecule has 0 aliphatic rings. The average molecular weight is 268 g/mol. The molecule has 0 saturated carbocycles. The van der Waals surface area contributed by atoms with Crippen LogP contribution in [0.2, 0.25) is 0 Å². The highest BCUT2D eigenvalue weighted by molar-refractivity contribution is 5.93. The molecule has 1 heterocycles. The summed E-state index contributed by atoms with van der Waals surface area (Å²) in [6.45, 7) is 0. The van der Waals surface area contributed by atoms with Crippen molar-refractivity contribution in [1.29, 1.82) is 0 Å². The summed E-state index contributed by atoms with van der Waals surface area (Å²) in [5.74, 6) is 0.447. The summed E-state index contributed by atoms with van der Waals surface area (Å²) >= 11 is 0. The normalized spacial score (nSPS) is 10.5. The highest BCUT2D eigenvalue weighted by atomic mass is 19.1. The molecule has 0 radical (unpaired) electrons. The van der Waals surface area contributed by atoms with Gasteiger partial charge in [0.1, 0.15) is 11.6 Å². The number of aromatic nitrogens is 1. The summed E-state index contributed by atoms with van der Waals surface area (Å²) < 4.78 is 18.7. The highest BCUT2D eigenvalue weighted by Crippen LogP contribution is 2.30. The van der Waals surface area contributed by atoms with Crippen LogP contribution in [-0.2, 0) is 0 Å². The van der Waals surface area contributed by atoms with Gasteiger partial charge in [-0.2, -0.15) is 0 Å². The third-order valence-electron chi connectivity index (χ3n) is 3.08. The first-order valence-corrected chi connectivity index (χ1v) is 6.22. The van der Waals surface area contributed by atoms with Crippen molar-refractivity contribution in [2.45, 2.75) is 0 Å².